The Labute approximate surface area is 118 Å². The van der Waals surface area contributed by atoms with Crippen LogP contribution in [0.15, 0.2) is 35.4 Å². The molecular weight excluding hydrogens is 276 g/mol. The van der Waals surface area contributed by atoms with Crippen LogP contribution in [0.3, 0.4) is 0 Å². The average Bonchev–Trinajstić information content (AvgIpc) is 3.16. The molecule has 1 aliphatic carbocycles. The molecule has 1 heterocycles. The Balaban J connectivity index is 1.68. The van der Waals surface area contributed by atoms with Crippen LogP contribution in [0.5, 0.6) is 0 Å². The summed E-state index contributed by atoms with van der Waals surface area (Å²) in [6.07, 6.45) is 3.93. The molecule has 0 amide bonds. The zero-order chi connectivity index (χ0) is 14.2. The van der Waals surface area contributed by atoms with E-state index in [1.165, 1.54) is 0 Å². The van der Waals surface area contributed by atoms with Gasteiger partial charge in [-0.25, -0.2) is 4.98 Å². The smallest absolute Gasteiger partial charge is 0.297 e. The summed E-state index contributed by atoms with van der Waals surface area (Å²) in [7, 11) is -3.72. The van der Waals surface area contributed by atoms with Crippen LogP contribution >= 0.6 is 0 Å². The first kappa shape index (κ1) is 13.3. The normalized spacial score (nSPS) is 15.4. The number of aryl methyl sites for hydroxylation is 1. The Morgan fingerprint density at radius 1 is 1.30 bits per heavy atom. The number of hydrogen-bond acceptors (Lipinski definition) is 4. The van der Waals surface area contributed by atoms with Gasteiger partial charge in [0.2, 0.25) is 0 Å². The Morgan fingerprint density at radius 3 is 2.65 bits per heavy atom. The van der Waals surface area contributed by atoms with Crippen LogP contribution in [-0.2, 0) is 20.9 Å². The molecule has 20 heavy (non-hydrogen) atoms. The van der Waals surface area contributed by atoms with Gasteiger partial charge >= 0.3 is 0 Å². The highest BCUT2D eigenvalue weighted by atomic mass is 32.2. The Hall–Kier alpha value is -1.66. The van der Waals surface area contributed by atoms with Crippen LogP contribution < -0.4 is 0 Å². The number of aromatic nitrogens is 2. The third-order valence-corrected chi connectivity index (χ3v) is 4.57. The fourth-order valence-electron chi connectivity index (χ4n) is 1.93. The quantitative estimate of drug-likeness (QED) is 0.859. The number of nitrogens with one attached hydrogen (secondary N) is 1. The molecule has 0 aliphatic heterocycles. The van der Waals surface area contributed by atoms with Gasteiger partial charge in [-0.2, -0.15) is 8.42 Å². The van der Waals surface area contributed by atoms with E-state index >= 15 is 0 Å². The zero-order valence-corrected chi connectivity index (χ0v) is 12.0. The lowest BCUT2D eigenvalue weighted by Gasteiger charge is -2.04. The van der Waals surface area contributed by atoms with Crippen LogP contribution in [0, 0.1) is 6.92 Å². The van der Waals surface area contributed by atoms with Gasteiger partial charge < -0.3 is 4.98 Å². The SMILES string of the molecule is Cc1ccc(S(=O)(=O)OCc2cnc(C3CC3)[nH]2)cc1. The molecule has 0 unspecified atom stereocenters. The van der Waals surface area contributed by atoms with Gasteiger partial charge in [0.05, 0.1) is 16.8 Å². The van der Waals surface area contributed by atoms with Crippen molar-refractivity contribution in [2.24, 2.45) is 0 Å². The second-order valence-corrected chi connectivity index (χ2v) is 6.71. The summed E-state index contributed by atoms with van der Waals surface area (Å²) in [6.45, 7) is 1.89. The van der Waals surface area contributed by atoms with Gasteiger partial charge in [-0.15, -0.1) is 0 Å². The summed E-state index contributed by atoms with van der Waals surface area (Å²) in [6, 6.07) is 6.59. The number of H-pyrrole nitrogens is 1. The fourth-order valence-corrected chi connectivity index (χ4v) is 2.82. The van der Waals surface area contributed by atoms with E-state index in [0.29, 0.717) is 11.6 Å². The topological polar surface area (TPSA) is 72.1 Å². The van der Waals surface area contributed by atoms with E-state index in [9.17, 15) is 8.42 Å². The van der Waals surface area contributed by atoms with E-state index < -0.39 is 10.1 Å². The first-order valence-electron chi connectivity index (χ1n) is 6.54. The zero-order valence-electron chi connectivity index (χ0n) is 11.2. The number of aromatic amines is 1. The molecule has 5 nitrogen and oxygen atoms in total. The largest absolute Gasteiger partial charge is 0.344 e. The van der Waals surface area contributed by atoms with Crippen molar-refractivity contribution in [1.82, 2.24) is 9.97 Å². The van der Waals surface area contributed by atoms with Crippen molar-refractivity contribution in [3.63, 3.8) is 0 Å². The van der Waals surface area contributed by atoms with Crippen molar-refractivity contribution in [3.8, 4) is 0 Å². The lowest BCUT2D eigenvalue weighted by atomic mass is 10.2. The first-order chi connectivity index (χ1) is 9.54. The molecule has 1 fully saturated rings. The Kier molecular flexibility index (Phi) is 3.35. The Bertz CT molecular complexity index is 700. The van der Waals surface area contributed by atoms with Crippen molar-refractivity contribution in [3.05, 3.63) is 47.5 Å². The number of rotatable bonds is 5. The van der Waals surface area contributed by atoms with Crippen molar-refractivity contribution < 1.29 is 12.6 Å². The summed E-state index contributed by atoms with van der Waals surface area (Å²) >= 11 is 0. The molecule has 1 aromatic carbocycles. The van der Waals surface area contributed by atoms with Gasteiger partial charge in [0.1, 0.15) is 12.4 Å². The van der Waals surface area contributed by atoms with Gasteiger partial charge in [-0.1, -0.05) is 17.7 Å². The summed E-state index contributed by atoms with van der Waals surface area (Å²) in [5.74, 6) is 1.44. The highest BCUT2D eigenvalue weighted by Crippen LogP contribution is 2.38. The third-order valence-electron chi connectivity index (χ3n) is 3.29. The van der Waals surface area contributed by atoms with E-state index in [-0.39, 0.29) is 11.5 Å². The van der Waals surface area contributed by atoms with Crippen molar-refractivity contribution in [2.75, 3.05) is 0 Å². The molecule has 0 bridgehead atoms. The average molecular weight is 292 g/mol. The highest BCUT2D eigenvalue weighted by molar-refractivity contribution is 7.86. The Morgan fingerprint density at radius 2 is 2.00 bits per heavy atom. The first-order valence-corrected chi connectivity index (χ1v) is 7.95. The second kappa shape index (κ2) is 5.03. The van der Waals surface area contributed by atoms with Crippen LogP contribution in [0.1, 0.15) is 35.8 Å². The second-order valence-electron chi connectivity index (χ2n) is 5.10. The molecule has 0 saturated heterocycles. The van der Waals surface area contributed by atoms with Crippen LogP contribution in [0.2, 0.25) is 0 Å². The standard InChI is InChI=1S/C14H16N2O3S/c1-10-2-6-13(7-3-10)20(17,18)19-9-12-8-15-14(16-12)11-4-5-11/h2-3,6-8,11H,4-5,9H2,1H3,(H,15,16). The summed E-state index contributed by atoms with van der Waals surface area (Å²) in [5, 5.41) is 0. The molecule has 0 spiro atoms. The number of imidazole rings is 1. The van der Waals surface area contributed by atoms with E-state index in [1.807, 2.05) is 6.92 Å². The van der Waals surface area contributed by atoms with E-state index in [2.05, 4.69) is 9.97 Å². The molecule has 2 aromatic rings. The van der Waals surface area contributed by atoms with Crippen LogP contribution in [0.4, 0.5) is 0 Å². The van der Waals surface area contributed by atoms with Gasteiger partial charge in [0.15, 0.2) is 0 Å². The van der Waals surface area contributed by atoms with E-state index in [4.69, 9.17) is 4.18 Å². The molecule has 0 atom stereocenters. The summed E-state index contributed by atoms with van der Waals surface area (Å²) in [4.78, 5) is 7.51. The summed E-state index contributed by atoms with van der Waals surface area (Å²) in [5.41, 5.74) is 1.69. The maximum atomic E-state index is 12.0. The number of benzene rings is 1. The minimum absolute atomic E-state index is 0.0179. The molecule has 6 heteroatoms. The van der Waals surface area contributed by atoms with Gasteiger partial charge in [-0.3, -0.25) is 4.18 Å². The monoisotopic (exact) mass is 292 g/mol. The third kappa shape index (κ3) is 2.91. The maximum Gasteiger partial charge on any atom is 0.297 e. The molecule has 1 saturated carbocycles. The molecule has 3 rings (SSSR count). The van der Waals surface area contributed by atoms with Gasteiger partial charge in [0, 0.05) is 5.92 Å². The van der Waals surface area contributed by atoms with Crippen LogP contribution in [0.25, 0.3) is 0 Å². The maximum absolute atomic E-state index is 12.0. The predicted octanol–water partition coefficient (Wildman–Crippen LogP) is 2.50. The molecule has 1 aliphatic rings. The van der Waals surface area contributed by atoms with Crippen LogP contribution in [-0.4, -0.2) is 18.4 Å². The molecular formula is C14H16N2O3S. The molecule has 1 N–H and O–H groups in total. The van der Waals surface area contributed by atoms with Gasteiger partial charge in [0.25, 0.3) is 10.1 Å². The summed E-state index contributed by atoms with van der Waals surface area (Å²) < 4.78 is 29.1. The molecule has 1 aromatic heterocycles. The lowest BCUT2D eigenvalue weighted by molar-refractivity contribution is 0.304. The van der Waals surface area contributed by atoms with E-state index in [0.717, 1.165) is 24.2 Å². The molecule has 0 radical (unpaired) electrons. The molecule has 106 valence electrons. The van der Waals surface area contributed by atoms with E-state index in [1.54, 1.807) is 30.5 Å². The number of nitrogens with zero attached hydrogens (tertiary/aromatic N) is 1. The number of hydrogen-bond donors (Lipinski definition) is 1. The van der Waals surface area contributed by atoms with Crippen molar-refractivity contribution in [1.29, 1.82) is 0 Å². The predicted molar refractivity (Wildman–Crippen MR) is 73.7 cm³/mol. The van der Waals surface area contributed by atoms with Crippen molar-refractivity contribution in [2.45, 2.75) is 37.2 Å². The van der Waals surface area contributed by atoms with Gasteiger partial charge in [-0.05, 0) is 31.9 Å². The fraction of sp³-hybridized carbons (Fsp3) is 0.357. The highest BCUT2D eigenvalue weighted by Gasteiger charge is 2.26. The lowest BCUT2D eigenvalue weighted by Crippen LogP contribution is -2.06. The van der Waals surface area contributed by atoms with Crippen molar-refractivity contribution >= 4 is 10.1 Å². The minimum atomic E-state index is -3.72. The minimum Gasteiger partial charge on any atom is -0.344 e.